The fourth-order valence-corrected chi connectivity index (χ4v) is 3.57. The Morgan fingerprint density at radius 3 is 3.00 bits per heavy atom. The Morgan fingerprint density at radius 1 is 1.29 bits per heavy atom. The van der Waals surface area contributed by atoms with Crippen LogP contribution in [0.5, 0.6) is 0 Å². The van der Waals surface area contributed by atoms with Gasteiger partial charge in [-0.15, -0.1) is 11.3 Å². The van der Waals surface area contributed by atoms with Gasteiger partial charge in [0, 0.05) is 17.9 Å². The number of carbonyl (C=O) groups excluding carboxylic acids is 1. The minimum atomic E-state index is -0.293. The van der Waals surface area contributed by atoms with E-state index in [9.17, 15) is 4.79 Å². The lowest BCUT2D eigenvalue weighted by molar-refractivity contribution is 0.0430. The van der Waals surface area contributed by atoms with Crippen LogP contribution in [0.4, 0.5) is 0 Å². The van der Waals surface area contributed by atoms with Crippen molar-refractivity contribution < 1.29 is 14.3 Å². The van der Waals surface area contributed by atoms with Crippen molar-refractivity contribution in [2.24, 2.45) is 5.92 Å². The number of fused-ring (bicyclic) bond motifs is 1. The highest BCUT2D eigenvalue weighted by atomic mass is 32.1. The van der Waals surface area contributed by atoms with Crippen LogP contribution in [0.3, 0.4) is 0 Å². The monoisotopic (exact) mass is 339 g/mol. The maximum Gasteiger partial charge on any atom is 0.338 e. The van der Waals surface area contributed by atoms with Crippen molar-refractivity contribution in [3.63, 3.8) is 0 Å². The third-order valence-corrected chi connectivity index (χ3v) is 5.08. The van der Waals surface area contributed by atoms with E-state index in [0.717, 1.165) is 34.5 Å². The lowest BCUT2D eigenvalue weighted by Crippen LogP contribution is -2.15. The van der Waals surface area contributed by atoms with E-state index < -0.39 is 0 Å². The minimum Gasteiger partial charge on any atom is -0.462 e. The van der Waals surface area contributed by atoms with Crippen LogP contribution >= 0.6 is 11.3 Å². The molecule has 0 N–H and O–H groups in total. The highest BCUT2D eigenvalue weighted by molar-refractivity contribution is 7.13. The average Bonchev–Trinajstić information content (AvgIpc) is 3.32. The molecule has 1 aliphatic heterocycles. The van der Waals surface area contributed by atoms with Crippen LogP contribution < -0.4 is 0 Å². The number of hydrogen-bond donors (Lipinski definition) is 0. The second-order valence-corrected chi connectivity index (χ2v) is 6.83. The van der Waals surface area contributed by atoms with E-state index in [1.54, 1.807) is 11.3 Å². The number of rotatable bonds is 4. The molecule has 2 aromatic heterocycles. The third kappa shape index (κ3) is 3.05. The molecule has 1 atom stereocenters. The predicted molar refractivity (Wildman–Crippen MR) is 94.3 cm³/mol. The minimum absolute atomic E-state index is 0.293. The molecule has 1 unspecified atom stereocenters. The van der Waals surface area contributed by atoms with Crippen LogP contribution in [0.1, 0.15) is 16.8 Å². The highest BCUT2D eigenvalue weighted by Gasteiger charge is 2.20. The smallest absolute Gasteiger partial charge is 0.338 e. The van der Waals surface area contributed by atoms with Gasteiger partial charge < -0.3 is 9.47 Å². The second kappa shape index (κ2) is 6.71. The number of para-hydroxylation sites is 1. The first-order valence-corrected chi connectivity index (χ1v) is 8.88. The van der Waals surface area contributed by atoms with Gasteiger partial charge in [-0.25, -0.2) is 9.78 Å². The summed E-state index contributed by atoms with van der Waals surface area (Å²) in [5, 5.41) is 2.83. The zero-order valence-corrected chi connectivity index (χ0v) is 13.9. The fraction of sp³-hybridized carbons (Fsp3) is 0.263. The van der Waals surface area contributed by atoms with Gasteiger partial charge in [0.1, 0.15) is 0 Å². The molecule has 0 bridgehead atoms. The molecule has 4 rings (SSSR count). The van der Waals surface area contributed by atoms with E-state index in [1.165, 1.54) is 0 Å². The van der Waals surface area contributed by atoms with Crippen molar-refractivity contribution in [3.05, 3.63) is 53.4 Å². The summed E-state index contributed by atoms with van der Waals surface area (Å²) >= 11 is 1.61. The van der Waals surface area contributed by atoms with E-state index in [1.807, 2.05) is 47.8 Å². The summed E-state index contributed by atoms with van der Waals surface area (Å²) in [6.45, 7) is 1.83. The molecule has 0 amide bonds. The quantitative estimate of drug-likeness (QED) is 0.670. The van der Waals surface area contributed by atoms with Gasteiger partial charge in [-0.1, -0.05) is 24.3 Å². The molecule has 1 aliphatic rings. The number of benzene rings is 1. The summed E-state index contributed by atoms with van der Waals surface area (Å²) in [5.41, 5.74) is 2.18. The van der Waals surface area contributed by atoms with Crippen molar-refractivity contribution >= 4 is 28.2 Å². The molecule has 4 nitrogen and oxygen atoms in total. The number of carbonyl (C=O) groups is 1. The molecule has 0 radical (unpaired) electrons. The molecular formula is C19H17NO3S. The zero-order valence-electron chi connectivity index (χ0n) is 13.1. The van der Waals surface area contributed by atoms with Gasteiger partial charge in [-0.3, -0.25) is 0 Å². The first-order chi connectivity index (χ1) is 11.8. The lowest BCUT2D eigenvalue weighted by Gasteiger charge is -2.11. The van der Waals surface area contributed by atoms with Crippen LogP contribution in [0.15, 0.2) is 47.8 Å². The summed E-state index contributed by atoms with van der Waals surface area (Å²) in [5.74, 6) is 0.0112. The van der Waals surface area contributed by atoms with Gasteiger partial charge in [-0.05, 0) is 30.0 Å². The van der Waals surface area contributed by atoms with Crippen molar-refractivity contribution in [1.29, 1.82) is 0 Å². The number of ether oxygens (including phenoxy) is 2. The summed E-state index contributed by atoms with van der Waals surface area (Å²) in [7, 11) is 0. The van der Waals surface area contributed by atoms with Crippen molar-refractivity contribution in [1.82, 2.24) is 4.98 Å². The molecule has 0 spiro atoms. The van der Waals surface area contributed by atoms with E-state index in [0.29, 0.717) is 24.7 Å². The summed E-state index contributed by atoms with van der Waals surface area (Å²) in [4.78, 5) is 18.4. The van der Waals surface area contributed by atoms with Gasteiger partial charge in [0.25, 0.3) is 0 Å². The van der Waals surface area contributed by atoms with Gasteiger partial charge >= 0.3 is 5.97 Å². The molecule has 3 aromatic rings. The van der Waals surface area contributed by atoms with Crippen molar-refractivity contribution in [2.45, 2.75) is 6.42 Å². The Hall–Kier alpha value is -2.24. The summed E-state index contributed by atoms with van der Waals surface area (Å²) in [6.07, 6.45) is 0.949. The SMILES string of the molecule is O=C(OCC1CCOC1)c1cc(-c2cccs2)nc2ccccc12. The first-order valence-electron chi connectivity index (χ1n) is 8.00. The molecule has 5 heteroatoms. The number of nitrogens with zero attached hydrogens (tertiary/aromatic N) is 1. The van der Waals surface area contributed by atoms with Crippen molar-refractivity contribution in [2.75, 3.05) is 19.8 Å². The van der Waals surface area contributed by atoms with Gasteiger partial charge in [0.2, 0.25) is 0 Å². The summed E-state index contributed by atoms with van der Waals surface area (Å²) < 4.78 is 10.9. The Balaban J connectivity index is 1.68. The topological polar surface area (TPSA) is 48.4 Å². The van der Waals surface area contributed by atoms with Gasteiger partial charge in [0.05, 0.1) is 34.9 Å². The Morgan fingerprint density at radius 2 is 2.21 bits per heavy atom. The maximum atomic E-state index is 12.6. The lowest BCUT2D eigenvalue weighted by atomic mass is 10.1. The van der Waals surface area contributed by atoms with Crippen LogP contribution in [-0.4, -0.2) is 30.8 Å². The molecule has 3 heterocycles. The third-order valence-electron chi connectivity index (χ3n) is 4.18. The molecular weight excluding hydrogens is 322 g/mol. The summed E-state index contributed by atoms with van der Waals surface area (Å²) in [6, 6.07) is 13.5. The predicted octanol–water partition coefficient (Wildman–Crippen LogP) is 4.16. The number of pyridine rings is 1. The normalized spacial score (nSPS) is 17.2. The average molecular weight is 339 g/mol. The van der Waals surface area contributed by atoms with E-state index in [2.05, 4.69) is 4.98 Å². The largest absolute Gasteiger partial charge is 0.462 e. The van der Waals surface area contributed by atoms with Crippen LogP contribution in [0.2, 0.25) is 0 Å². The standard InChI is InChI=1S/C19H17NO3S/c21-19(23-12-13-7-8-22-11-13)15-10-17(18-6-3-9-24-18)20-16-5-2-1-4-14(15)16/h1-6,9-10,13H,7-8,11-12H2. The molecule has 122 valence electrons. The number of esters is 1. The molecule has 0 saturated carbocycles. The fourth-order valence-electron chi connectivity index (χ4n) is 2.88. The molecule has 1 aromatic carbocycles. The van der Waals surface area contributed by atoms with Crippen molar-refractivity contribution in [3.8, 4) is 10.6 Å². The van der Waals surface area contributed by atoms with E-state index in [-0.39, 0.29) is 5.97 Å². The zero-order chi connectivity index (χ0) is 16.4. The molecule has 1 saturated heterocycles. The maximum absolute atomic E-state index is 12.6. The van der Waals surface area contributed by atoms with Crippen LogP contribution in [0.25, 0.3) is 21.5 Å². The van der Waals surface area contributed by atoms with Crippen LogP contribution in [-0.2, 0) is 9.47 Å². The number of hydrogen-bond acceptors (Lipinski definition) is 5. The highest BCUT2D eigenvalue weighted by Crippen LogP contribution is 2.28. The number of thiophene rings is 1. The molecule has 24 heavy (non-hydrogen) atoms. The second-order valence-electron chi connectivity index (χ2n) is 5.88. The van der Waals surface area contributed by atoms with Gasteiger partial charge in [-0.2, -0.15) is 0 Å². The molecule has 1 fully saturated rings. The van der Waals surface area contributed by atoms with E-state index >= 15 is 0 Å². The Kier molecular flexibility index (Phi) is 4.28. The van der Waals surface area contributed by atoms with Crippen LogP contribution in [0, 0.1) is 5.92 Å². The van der Waals surface area contributed by atoms with E-state index in [4.69, 9.17) is 9.47 Å². The van der Waals surface area contributed by atoms with Gasteiger partial charge in [0.15, 0.2) is 0 Å². The number of aromatic nitrogens is 1. The Labute approximate surface area is 144 Å². The Bertz CT molecular complexity index is 854. The molecule has 0 aliphatic carbocycles. The first kappa shape index (κ1) is 15.3.